The van der Waals surface area contributed by atoms with Gasteiger partial charge >= 0.3 is 6.18 Å². The highest BCUT2D eigenvalue weighted by molar-refractivity contribution is 9.10. The van der Waals surface area contributed by atoms with E-state index >= 15 is 0 Å². The zero-order chi connectivity index (χ0) is 14.5. The Labute approximate surface area is 116 Å². The number of benzene rings is 1. The monoisotopic (exact) mass is 340 g/mol. The molecule has 19 heavy (non-hydrogen) atoms. The summed E-state index contributed by atoms with van der Waals surface area (Å²) in [5.41, 5.74) is 0.579. The third-order valence-electron chi connectivity index (χ3n) is 2.38. The molecule has 0 spiro atoms. The predicted molar refractivity (Wildman–Crippen MR) is 67.8 cm³/mol. The van der Waals surface area contributed by atoms with Crippen LogP contribution in [0.3, 0.4) is 0 Å². The maximum Gasteiger partial charge on any atom is 0.389 e. The Morgan fingerprint density at radius 1 is 1.37 bits per heavy atom. The summed E-state index contributed by atoms with van der Waals surface area (Å²) in [6, 6.07) is 4.57. The molecule has 1 rings (SSSR count). The zero-order valence-electron chi connectivity index (χ0n) is 9.84. The fourth-order valence-electron chi connectivity index (χ4n) is 1.48. The minimum absolute atomic E-state index is 0.0178. The first-order valence-electron chi connectivity index (χ1n) is 5.50. The van der Waals surface area contributed by atoms with Gasteiger partial charge in [0.25, 0.3) is 5.69 Å². The number of alkyl halides is 3. The van der Waals surface area contributed by atoms with Crippen molar-refractivity contribution in [1.82, 2.24) is 5.32 Å². The highest BCUT2D eigenvalue weighted by atomic mass is 79.9. The smallest absolute Gasteiger partial charge is 0.313 e. The molecule has 0 atom stereocenters. The molecule has 0 amide bonds. The van der Waals surface area contributed by atoms with E-state index in [2.05, 4.69) is 21.2 Å². The van der Waals surface area contributed by atoms with Gasteiger partial charge in [-0.3, -0.25) is 10.1 Å². The molecule has 0 unspecified atom stereocenters. The Bertz CT molecular complexity index is 452. The van der Waals surface area contributed by atoms with Gasteiger partial charge in [-0.2, -0.15) is 13.2 Å². The lowest BCUT2D eigenvalue weighted by Crippen LogP contribution is -2.18. The molecule has 1 N–H and O–H groups in total. The van der Waals surface area contributed by atoms with Gasteiger partial charge in [0.2, 0.25) is 0 Å². The molecule has 4 nitrogen and oxygen atoms in total. The van der Waals surface area contributed by atoms with E-state index in [0.29, 0.717) is 10.0 Å². The Hall–Kier alpha value is -1.15. The van der Waals surface area contributed by atoms with Crippen molar-refractivity contribution in [2.75, 3.05) is 6.54 Å². The molecule has 106 valence electrons. The molecule has 0 radical (unpaired) electrons. The molecule has 0 aromatic heterocycles. The number of nitrogens with one attached hydrogen (secondary N) is 1. The third kappa shape index (κ3) is 5.56. The molecule has 0 heterocycles. The lowest BCUT2D eigenvalue weighted by Gasteiger charge is -2.08. The van der Waals surface area contributed by atoms with Crippen LogP contribution in [-0.2, 0) is 6.54 Å². The summed E-state index contributed by atoms with van der Waals surface area (Å²) in [6.45, 7) is 0.481. The molecule has 1 aromatic carbocycles. The topological polar surface area (TPSA) is 55.2 Å². The number of hydrogen-bond acceptors (Lipinski definition) is 3. The minimum atomic E-state index is -4.15. The van der Waals surface area contributed by atoms with E-state index in [-0.39, 0.29) is 25.2 Å². The summed E-state index contributed by atoms with van der Waals surface area (Å²) in [7, 11) is 0. The molecular formula is C11H12BrF3N2O2. The van der Waals surface area contributed by atoms with Crippen molar-refractivity contribution in [3.8, 4) is 0 Å². The summed E-state index contributed by atoms with van der Waals surface area (Å²) in [6.07, 6.45) is -5.00. The normalized spacial score (nSPS) is 11.6. The lowest BCUT2D eigenvalue weighted by atomic mass is 10.2. The highest BCUT2D eigenvalue weighted by Gasteiger charge is 2.25. The van der Waals surface area contributed by atoms with Crippen LogP contribution in [0.1, 0.15) is 18.4 Å². The SMILES string of the molecule is O=[N+]([O-])c1cccc(CNCCCC(F)(F)F)c1Br. The average Bonchev–Trinajstić information content (AvgIpc) is 2.28. The van der Waals surface area contributed by atoms with E-state index in [0.717, 1.165) is 0 Å². The first-order chi connectivity index (χ1) is 8.81. The maximum absolute atomic E-state index is 11.9. The van der Waals surface area contributed by atoms with Crippen molar-refractivity contribution in [1.29, 1.82) is 0 Å². The quantitative estimate of drug-likeness (QED) is 0.487. The molecule has 8 heteroatoms. The van der Waals surface area contributed by atoms with Crippen molar-refractivity contribution in [2.45, 2.75) is 25.6 Å². The van der Waals surface area contributed by atoms with Gasteiger partial charge in [-0.05, 0) is 34.5 Å². The van der Waals surface area contributed by atoms with Crippen molar-refractivity contribution in [3.05, 3.63) is 38.3 Å². The summed E-state index contributed by atoms with van der Waals surface area (Å²) in [5, 5.41) is 13.5. The van der Waals surface area contributed by atoms with Crippen LogP contribution in [0.4, 0.5) is 18.9 Å². The van der Waals surface area contributed by atoms with Crippen LogP contribution in [0.2, 0.25) is 0 Å². The van der Waals surface area contributed by atoms with Crippen molar-refractivity contribution in [3.63, 3.8) is 0 Å². The first-order valence-corrected chi connectivity index (χ1v) is 6.30. The molecule has 0 fully saturated rings. The zero-order valence-corrected chi connectivity index (χ0v) is 11.4. The standard InChI is InChI=1S/C11H12BrF3N2O2/c12-10-8(3-1-4-9(10)17(18)19)7-16-6-2-5-11(13,14)15/h1,3-4,16H,2,5-7H2. The summed E-state index contributed by atoms with van der Waals surface area (Å²) < 4.78 is 36.1. The first kappa shape index (κ1) is 15.9. The van der Waals surface area contributed by atoms with Gasteiger partial charge < -0.3 is 5.32 Å². The van der Waals surface area contributed by atoms with E-state index in [9.17, 15) is 23.3 Å². The molecule has 0 saturated heterocycles. The summed E-state index contributed by atoms with van der Waals surface area (Å²) >= 11 is 3.12. The Balaban J connectivity index is 2.46. The summed E-state index contributed by atoms with van der Waals surface area (Å²) in [4.78, 5) is 10.2. The second-order valence-corrected chi connectivity index (χ2v) is 4.70. The van der Waals surface area contributed by atoms with Crippen molar-refractivity contribution >= 4 is 21.6 Å². The molecule has 0 aliphatic carbocycles. The fourth-order valence-corrected chi connectivity index (χ4v) is 2.03. The fraction of sp³-hybridized carbons (Fsp3) is 0.455. The van der Waals surface area contributed by atoms with Gasteiger partial charge in [0.1, 0.15) is 0 Å². The second-order valence-electron chi connectivity index (χ2n) is 3.90. The number of hydrogen-bond donors (Lipinski definition) is 1. The van der Waals surface area contributed by atoms with Crippen LogP contribution in [-0.4, -0.2) is 17.6 Å². The van der Waals surface area contributed by atoms with Gasteiger partial charge in [0, 0.05) is 19.0 Å². The minimum Gasteiger partial charge on any atom is -0.313 e. The largest absolute Gasteiger partial charge is 0.389 e. The number of halogens is 4. The molecule has 0 saturated carbocycles. The van der Waals surface area contributed by atoms with Crippen LogP contribution >= 0.6 is 15.9 Å². The Morgan fingerprint density at radius 3 is 2.63 bits per heavy atom. The van der Waals surface area contributed by atoms with Crippen LogP contribution in [0.25, 0.3) is 0 Å². The van der Waals surface area contributed by atoms with Gasteiger partial charge in [-0.15, -0.1) is 0 Å². The molecular weight excluding hydrogens is 329 g/mol. The van der Waals surface area contributed by atoms with Gasteiger partial charge in [-0.1, -0.05) is 12.1 Å². The Kier molecular flexibility index (Phi) is 5.74. The van der Waals surface area contributed by atoms with Gasteiger partial charge in [0.05, 0.1) is 9.40 Å². The third-order valence-corrected chi connectivity index (χ3v) is 3.30. The lowest BCUT2D eigenvalue weighted by molar-refractivity contribution is -0.385. The Morgan fingerprint density at radius 2 is 2.05 bits per heavy atom. The van der Waals surface area contributed by atoms with E-state index < -0.39 is 17.5 Å². The molecule has 0 aliphatic rings. The molecule has 0 bridgehead atoms. The second kappa shape index (κ2) is 6.85. The average molecular weight is 341 g/mol. The van der Waals surface area contributed by atoms with Gasteiger partial charge in [-0.25, -0.2) is 0 Å². The van der Waals surface area contributed by atoms with Crippen LogP contribution < -0.4 is 5.32 Å². The molecule has 1 aromatic rings. The van der Waals surface area contributed by atoms with Crippen molar-refractivity contribution in [2.24, 2.45) is 0 Å². The number of nitrogens with zero attached hydrogens (tertiary/aromatic N) is 1. The van der Waals surface area contributed by atoms with E-state index in [1.54, 1.807) is 6.07 Å². The maximum atomic E-state index is 11.9. The number of rotatable bonds is 6. The van der Waals surface area contributed by atoms with Crippen LogP contribution in [0, 0.1) is 10.1 Å². The molecule has 0 aliphatic heterocycles. The number of nitro benzene ring substituents is 1. The number of nitro groups is 1. The summed E-state index contributed by atoms with van der Waals surface area (Å²) in [5.74, 6) is 0. The van der Waals surface area contributed by atoms with E-state index in [1.807, 2.05) is 0 Å². The van der Waals surface area contributed by atoms with E-state index in [4.69, 9.17) is 0 Å². The van der Waals surface area contributed by atoms with Crippen molar-refractivity contribution < 1.29 is 18.1 Å². The van der Waals surface area contributed by atoms with Crippen LogP contribution in [0.5, 0.6) is 0 Å². The van der Waals surface area contributed by atoms with Gasteiger partial charge in [0.15, 0.2) is 0 Å². The van der Waals surface area contributed by atoms with E-state index in [1.165, 1.54) is 12.1 Å². The predicted octanol–water partition coefficient (Wildman–Crippen LogP) is 3.79. The van der Waals surface area contributed by atoms with Crippen LogP contribution in [0.15, 0.2) is 22.7 Å². The highest BCUT2D eigenvalue weighted by Crippen LogP contribution is 2.28.